The largest absolute Gasteiger partial charge is 0.324 e. The van der Waals surface area contributed by atoms with Crippen LogP contribution in [0.2, 0.25) is 0 Å². The summed E-state index contributed by atoms with van der Waals surface area (Å²) in [6.07, 6.45) is 6.21. The van der Waals surface area contributed by atoms with E-state index < -0.39 is 5.82 Å². The number of amides is 1. The van der Waals surface area contributed by atoms with Crippen molar-refractivity contribution in [3.63, 3.8) is 0 Å². The van der Waals surface area contributed by atoms with Crippen molar-refractivity contribution in [3.05, 3.63) is 58.6 Å². The lowest BCUT2D eigenvalue weighted by molar-refractivity contribution is -0.116. The van der Waals surface area contributed by atoms with Gasteiger partial charge in [-0.3, -0.25) is 4.79 Å². The minimum absolute atomic E-state index is 0.117. The summed E-state index contributed by atoms with van der Waals surface area (Å²) in [7, 11) is 0. The van der Waals surface area contributed by atoms with Gasteiger partial charge < -0.3 is 9.88 Å². The minimum atomic E-state index is -0.506. The fraction of sp³-hybridized carbons (Fsp3) is 0.360. The molecule has 5 rings (SSSR count). The van der Waals surface area contributed by atoms with Crippen molar-refractivity contribution in [2.75, 3.05) is 5.32 Å². The maximum atomic E-state index is 14.6. The standard InChI is InChI=1S/C25H25FN8O/c1-15-19(16(2)34-24(29-15)18(13-27)14-28-34)8-10-23(35)30-21-12-17(7-9-20(21)26)25-32-31-22-6-4-3-5-11-33(22)25/h7,9,12,14H,3-6,8,10-11H2,1-2H3,(H,30,35). The quantitative estimate of drug-likeness (QED) is 0.471. The first-order valence-corrected chi connectivity index (χ1v) is 11.7. The molecule has 1 N–H and O–H groups in total. The van der Waals surface area contributed by atoms with Gasteiger partial charge in [0.15, 0.2) is 11.5 Å². The van der Waals surface area contributed by atoms with Gasteiger partial charge in [0.2, 0.25) is 5.91 Å². The van der Waals surface area contributed by atoms with Gasteiger partial charge in [0.25, 0.3) is 0 Å². The second-order valence-electron chi connectivity index (χ2n) is 8.81. The molecule has 0 saturated heterocycles. The van der Waals surface area contributed by atoms with Crippen LogP contribution in [0, 0.1) is 31.0 Å². The average molecular weight is 473 g/mol. The summed E-state index contributed by atoms with van der Waals surface area (Å²) in [6.45, 7) is 4.56. The van der Waals surface area contributed by atoms with E-state index in [2.05, 4.69) is 36.2 Å². The highest BCUT2D eigenvalue weighted by atomic mass is 19.1. The first kappa shape index (κ1) is 22.7. The van der Waals surface area contributed by atoms with Gasteiger partial charge in [0, 0.05) is 36.3 Å². The first-order chi connectivity index (χ1) is 17.0. The van der Waals surface area contributed by atoms with Gasteiger partial charge >= 0.3 is 0 Å². The summed E-state index contributed by atoms with van der Waals surface area (Å²) in [5, 5.41) is 24.8. The van der Waals surface area contributed by atoms with Crippen molar-refractivity contribution >= 4 is 17.2 Å². The first-order valence-electron chi connectivity index (χ1n) is 11.7. The van der Waals surface area contributed by atoms with E-state index in [1.807, 2.05) is 13.8 Å². The van der Waals surface area contributed by atoms with Crippen molar-refractivity contribution in [2.45, 2.75) is 58.9 Å². The van der Waals surface area contributed by atoms with E-state index in [4.69, 9.17) is 0 Å². The Morgan fingerprint density at radius 3 is 2.91 bits per heavy atom. The van der Waals surface area contributed by atoms with Gasteiger partial charge in [-0.2, -0.15) is 10.4 Å². The second-order valence-corrected chi connectivity index (χ2v) is 8.81. The van der Waals surface area contributed by atoms with Crippen LogP contribution in [0.3, 0.4) is 0 Å². The Morgan fingerprint density at radius 1 is 1.23 bits per heavy atom. The zero-order valence-corrected chi connectivity index (χ0v) is 19.7. The number of fused-ring (bicyclic) bond motifs is 2. The zero-order chi connectivity index (χ0) is 24.5. The van der Waals surface area contributed by atoms with Crippen molar-refractivity contribution < 1.29 is 9.18 Å². The van der Waals surface area contributed by atoms with Gasteiger partial charge in [0.05, 0.1) is 11.9 Å². The molecule has 1 aliphatic rings. The summed E-state index contributed by atoms with van der Waals surface area (Å²) in [5.74, 6) is 0.828. The highest BCUT2D eigenvalue weighted by molar-refractivity contribution is 5.91. The molecule has 0 radical (unpaired) electrons. The Bertz CT molecular complexity index is 1480. The molecule has 0 fully saturated rings. The molecule has 0 unspecified atom stereocenters. The third-order valence-electron chi connectivity index (χ3n) is 6.54. The van der Waals surface area contributed by atoms with Gasteiger partial charge in [-0.15, -0.1) is 10.2 Å². The highest BCUT2D eigenvalue weighted by Gasteiger charge is 2.19. The lowest BCUT2D eigenvalue weighted by Crippen LogP contribution is -2.15. The van der Waals surface area contributed by atoms with Crippen molar-refractivity contribution in [2.24, 2.45) is 0 Å². The van der Waals surface area contributed by atoms with Gasteiger partial charge in [-0.1, -0.05) is 6.42 Å². The van der Waals surface area contributed by atoms with Crippen LogP contribution < -0.4 is 5.32 Å². The molecule has 0 saturated carbocycles. The molecule has 1 amide bonds. The fourth-order valence-corrected chi connectivity index (χ4v) is 4.66. The number of carbonyl (C=O) groups excluding carboxylic acids is 1. The number of nitrogens with one attached hydrogen (secondary N) is 1. The minimum Gasteiger partial charge on any atom is -0.324 e. The topological polar surface area (TPSA) is 114 Å². The highest BCUT2D eigenvalue weighted by Crippen LogP contribution is 2.27. The van der Waals surface area contributed by atoms with E-state index in [0.29, 0.717) is 23.5 Å². The summed E-state index contributed by atoms with van der Waals surface area (Å²) in [4.78, 5) is 17.2. The van der Waals surface area contributed by atoms with E-state index in [1.54, 1.807) is 16.6 Å². The van der Waals surface area contributed by atoms with E-state index >= 15 is 0 Å². The van der Waals surface area contributed by atoms with Gasteiger partial charge in [0.1, 0.15) is 23.3 Å². The van der Waals surface area contributed by atoms with E-state index in [-0.39, 0.29) is 18.0 Å². The van der Waals surface area contributed by atoms with Gasteiger partial charge in [-0.25, -0.2) is 13.9 Å². The summed E-state index contributed by atoms with van der Waals surface area (Å²) >= 11 is 0. The molecule has 4 heterocycles. The molecule has 0 atom stereocenters. The third-order valence-corrected chi connectivity index (χ3v) is 6.54. The molecular weight excluding hydrogens is 447 g/mol. The summed E-state index contributed by atoms with van der Waals surface area (Å²) < 4.78 is 18.3. The predicted molar refractivity (Wildman–Crippen MR) is 127 cm³/mol. The number of aryl methyl sites for hydroxylation is 3. The van der Waals surface area contributed by atoms with E-state index in [0.717, 1.165) is 60.6 Å². The monoisotopic (exact) mass is 472 g/mol. The SMILES string of the molecule is Cc1nc2c(C#N)cnn2c(C)c1CCC(=O)Nc1cc(-c2nnc3n2CCCCC3)ccc1F. The molecule has 10 heteroatoms. The molecule has 1 aliphatic heterocycles. The van der Waals surface area contributed by atoms with Crippen molar-refractivity contribution in [1.29, 1.82) is 5.26 Å². The Morgan fingerprint density at radius 2 is 2.09 bits per heavy atom. The maximum Gasteiger partial charge on any atom is 0.224 e. The number of aromatic nitrogens is 6. The smallest absolute Gasteiger partial charge is 0.224 e. The Balaban J connectivity index is 1.33. The number of rotatable bonds is 5. The number of hydrogen-bond acceptors (Lipinski definition) is 6. The number of anilines is 1. The molecule has 35 heavy (non-hydrogen) atoms. The number of benzene rings is 1. The summed E-state index contributed by atoms with van der Waals surface area (Å²) in [6, 6.07) is 6.72. The van der Waals surface area contributed by atoms with E-state index in [9.17, 15) is 14.4 Å². The Labute approximate surface area is 201 Å². The van der Waals surface area contributed by atoms with Crippen LogP contribution in [0.4, 0.5) is 10.1 Å². The molecule has 0 aliphatic carbocycles. The molecule has 0 bridgehead atoms. The van der Waals surface area contributed by atoms with Crippen LogP contribution in [0.15, 0.2) is 24.4 Å². The number of carbonyl (C=O) groups is 1. The third kappa shape index (κ3) is 4.25. The van der Waals surface area contributed by atoms with Crippen LogP contribution in [-0.4, -0.2) is 35.3 Å². The number of nitriles is 1. The van der Waals surface area contributed by atoms with Crippen LogP contribution in [0.25, 0.3) is 17.0 Å². The number of nitrogens with zero attached hydrogens (tertiary/aromatic N) is 7. The molecule has 0 spiro atoms. The Kier molecular flexibility index (Phi) is 5.99. The lowest BCUT2D eigenvalue weighted by Gasteiger charge is -2.12. The molecular formula is C25H25FN8O. The average Bonchev–Trinajstić information content (AvgIpc) is 3.36. The van der Waals surface area contributed by atoms with Crippen LogP contribution in [0.5, 0.6) is 0 Å². The molecule has 1 aromatic carbocycles. The fourth-order valence-electron chi connectivity index (χ4n) is 4.66. The Hall–Kier alpha value is -4.13. The predicted octanol–water partition coefficient (Wildman–Crippen LogP) is 3.91. The van der Waals surface area contributed by atoms with Crippen LogP contribution >= 0.6 is 0 Å². The summed E-state index contributed by atoms with van der Waals surface area (Å²) in [5.41, 5.74) is 4.17. The normalized spacial score (nSPS) is 13.3. The molecule has 3 aromatic heterocycles. The maximum absolute atomic E-state index is 14.6. The van der Waals surface area contributed by atoms with Gasteiger partial charge in [-0.05, 0) is 56.9 Å². The van der Waals surface area contributed by atoms with Crippen LogP contribution in [0.1, 0.15) is 54.0 Å². The van der Waals surface area contributed by atoms with Crippen LogP contribution in [-0.2, 0) is 24.2 Å². The number of halogens is 1. The van der Waals surface area contributed by atoms with E-state index in [1.165, 1.54) is 12.3 Å². The molecule has 9 nitrogen and oxygen atoms in total. The molecule has 4 aromatic rings. The lowest BCUT2D eigenvalue weighted by atomic mass is 10.1. The second kappa shape index (κ2) is 9.25. The zero-order valence-electron chi connectivity index (χ0n) is 19.7. The molecule has 178 valence electrons. The van der Waals surface area contributed by atoms with Crippen molar-refractivity contribution in [1.82, 2.24) is 29.4 Å². The number of hydrogen-bond donors (Lipinski definition) is 1. The van der Waals surface area contributed by atoms with Crippen molar-refractivity contribution in [3.8, 4) is 17.5 Å².